The maximum atomic E-state index is 12.9. The highest BCUT2D eigenvalue weighted by Gasteiger charge is 2.15. The summed E-state index contributed by atoms with van der Waals surface area (Å²) >= 11 is 0. The summed E-state index contributed by atoms with van der Waals surface area (Å²) in [6.45, 7) is 2.68. The number of benzene rings is 2. The quantitative estimate of drug-likeness (QED) is 0.704. The van der Waals surface area contributed by atoms with Crippen molar-refractivity contribution in [1.82, 2.24) is 5.32 Å². The third kappa shape index (κ3) is 5.56. The fourth-order valence-electron chi connectivity index (χ4n) is 2.20. The number of unbranched alkanes of at least 4 members (excludes halogenated alkanes) is 2. The Labute approximate surface area is 147 Å². The molecule has 0 aliphatic rings. The van der Waals surface area contributed by atoms with Crippen LogP contribution in [0.4, 0.5) is 10.1 Å². The van der Waals surface area contributed by atoms with E-state index in [0.29, 0.717) is 12.1 Å². The van der Waals surface area contributed by atoms with Gasteiger partial charge in [0.05, 0.1) is 4.90 Å². The van der Waals surface area contributed by atoms with Gasteiger partial charge in [0, 0.05) is 17.8 Å². The van der Waals surface area contributed by atoms with Crippen LogP contribution in [-0.2, 0) is 10.0 Å². The molecule has 5 nitrogen and oxygen atoms in total. The number of hydrogen-bond acceptors (Lipinski definition) is 3. The molecule has 1 amide bonds. The van der Waals surface area contributed by atoms with E-state index in [2.05, 4.69) is 17.0 Å². The minimum absolute atomic E-state index is 0.0272. The van der Waals surface area contributed by atoms with Crippen LogP contribution in [0.3, 0.4) is 0 Å². The average molecular weight is 364 g/mol. The lowest BCUT2D eigenvalue weighted by molar-refractivity contribution is 0.0953. The summed E-state index contributed by atoms with van der Waals surface area (Å²) in [4.78, 5) is 12.0. The monoisotopic (exact) mass is 364 g/mol. The molecule has 2 N–H and O–H groups in total. The SMILES string of the molecule is CCCCCNC(=O)c1ccc(S(=O)(=O)Nc2ccc(F)cc2)cc1. The van der Waals surface area contributed by atoms with E-state index in [4.69, 9.17) is 0 Å². The van der Waals surface area contributed by atoms with Gasteiger partial charge in [-0.05, 0) is 55.0 Å². The van der Waals surface area contributed by atoms with E-state index in [0.717, 1.165) is 19.3 Å². The molecule has 7 heteroatoms. The Bertz CT molecular complexity index is 803. The van der Waals surface area contributed by atoms with Crippen molar-refractivity contribution in [2.75, 3.05) is 11.3 Å². The van der Waals surface area contributed by atoms with E-state index in [1.165, 1.54) is 48.5 Å². The summed E-state index contributed by atoms with van der Waals surface area (Å²) in [7, 11) is -3.80. The van der Waals surface area contributed by atoms with Gasteiger partial charge in [-0.25, -0.2) is 12.8 Å². The molecule has 0 aliphatic heterocycles. The van der Waals surface area contributed by atoms with E-state index in [1.807, 2.05) is 0 Å². The number of nitrogens with one attached hydrogen (secondary N) is 2. The second kappa shape index (κ2) is 8.62. The zero-order valence-corrected chi connectivity index (χ0v) is 14.8. The first-order chi connectivity index (χ1) is 11.9. The van der Waals surface area contributed by atoms with Crippen molar-refractivity contribution >= 4 is 21.6 Å². The molecule has 0 heterocycles. The summed E-state index contributed by atoms with van der Waals surface area (Å²) in [5, 5.41) is 2.80. The second-order valence-electron chi connectivity index (χ2n) is 5.60. The van der Waals surface area contributed by atoms with Gasteiger partial charge in [0.2, 0.25) is 0 Å². The molecule has 0 spiro atoms. The minimum atomic E-state index is -3.80. The molecule has 0 aliphatic carbocycles. The van der Waals surface area contributed by atoms with Crippen LogP contribution in [0.5, 0.6) is 0 Å². The Morgan fingerprint density at radius 1 is 1.00 bits per heavy atom. The first-order valence-electron chi connectivity index (χ1n) is 8.09. The average Bonchev–Trinajstić information content (AvgIpc) is 2.60. The highest BCUT2D eigenvalue weighted by Crippen LogP contribution is 2.17. The number of anilines is 1. The zero-order valence-electron chi connectivity index (χ0n) is 14.0. The van der Waals surface area contributed by atoms with E-state index >= 15 is 0 Å². The molecule has 0 radical (unpaired) electrons. The molecular formula is C18H21FN2O3S. The summed E-state index contributed by atoms with van der Waals surface area (Å²) in [5.74, 6) is -0.677. The number of amides is 1. The fraction of sp³-hybridized carbons (Fsp3) is 0.278. The molecule has 2 aromatic carbocycles. The van der Waals surface area contributed by atoms with Crippen LogP contribution in [0.25, 0.3) is 0 Å². The Hall–Kier alpha value is -2.41. The number of carbonyl (C=O) groups is 1. The summed E-state index contributed by atoms with van der Waals surface area (Å²) in [5.41, 5.74) is 0.663. The maximum absolute atomic E-state index is 12.9. The highest BCUT2D eigenvalue weighted by atomic mass is 32.2. The molecular weight excluding hydrogens is 343 g/mol. The topological polar surface area (TPSA) is 75.3 Å². The van der Waals surface area contributed by atoms with Gasteiger partial charge in [0.1, 0.15) is 5.82 Å². The van der Waals surface area contributed by atoms with Crippen molar-refractivity contribution in [1.29, 1.82) is 0 Å². The van der Waals surface area contributed by atoms with Crippen LogP contribution < -0.4 is 10.0 Å². The van der Waals surface area contributed by atoms with Crippen molar-refractivity contribution in [2.45, 2.75) is 31.1 Å². The van der Waals surface area contributed by atoms with Gasteiger partial charge in [0.25, 0.3) is 15.9 Å². The van der Waals surface area contributed by atoms with Crippen LogP contribution in [0.1, 0.15) is 36.5 Å². The predicted octanol–water partition coefficient (Wildman–Crippen LogP) is 3.55. The molecule has 0 saturated carbocycles. The van der Waals surface area contributed by atoms with Crippen LogP contribution in [0.15, 0.2) is 53.4 Å². The Balaban J connectivity index is 2.02. The standard InChI is InChI=1S/C18H21FN2O3S/c1-2-3-4-13-20-18(22)14-5-11-17(12-6-14)25(23,24)21-16-9-7-15(19)8-10-16/h5-12,21H,2-4,13H2,1H3,(H,20,22). The van der Waals surface area contributed by atoms with Gasteiger partial charge in [-0.3, -0.25) is 9.52 Å². The van der Waals surface area contributed by atoms with Gasteiger partial charge in [0.15, 0.2) is 0 Å². The summed E-state index contributed by atoms with van der Waals surface area (Å²) in [6, 6.07) is 10.7. The van der Waals surface area contributed by atoms with Crippen molar-refractivity contribution in [3.63, 3.8) is 0 Å². The number of sulfonamides is 1. The predicted molar refractivity (Wildman–Crippen MR) is 95.5 cm³/mol. The van der Waals surface area contributed by atoms with E-state index in [1.54, 1.807) is 0 Å². The lowest BCUT2D eigenvalue weighted by Gasteiger charge is -2.09. The smallest absolute Gasteiger partial charge is 0.261 e. The number of hydrogen-bond donors (Lipinski definition) is 2. The lowest BCUT2D eigenvalue weighted by atomic mass is 10.2. The molecule has 0 atom stereocenters. The highest BCUT2D eigenvalue weighted by molar-refractivity contribution is 7.92. The number of halogens is 1. The van der Waals surface area contributed by atoms with Crippen LogP contribution >= 0.6 is 0 Å². The lowest BCUT2D eigenvalue weighted by Crippen LogP contribution is -2.24. The summed E-state index contributed by atoms with van der Waals surface area (Å²) in [6.07, 6.45) is 3.03. The molecule has 2 rings (SSSR count). The Kier molecular flexibility index (Phi) is 6.52. The van der Waals surface area contributed by atoms with Gasteiger partial charge < -0.3 is 5.32 Å². The third-order valence-corrected chi connectivity index (χ3v) is 4.99. The maximum Gasteiger partial charge on any atom is 0.261 e. The minimum Gasteiger partial charge on any atom is -0.352 e. The second-order valence-corrected chi connectivity index (χ2v) is 7.28. The van der Waals surface area contributed by atoms with Gasteiger partial charge in [-0.1, -0.05) is 19.8 Å². The van der Waals surface area contributed by atoms with Gasteiger partial charge >= 0.3 is 0 Å². The molecule has 0 saturated heterocycles. The van der Waals surface area contributed by atoms with Gasteiger partial charge in [-0.15, -0.1) is 0 Å². The normalized spacial score (nSPS) is 11.1. The van der Waals surface area contributed by atoms with Crippen molar-refractivity contribution in [3.8, 4) is 0 Å². The molecule has 25 heavy (non-hydrogen) atoms. The van der Waals surface area contributed by atoms with Crippen LogP contribution in [-0.4, -0.2) is 20.9 Å². The molecule has 0 bridgehead atoms. The molecule has 0 fully saturated rings. The van der Waals surface area contributed by atoms with Gasteiger partial charge in [-0.2, -0.15) is 0 Å². The fourth-order valence-corrected chi connectivity index (χ4v) is 3.26. The van der Waals surface area contributed by atoms with Crippen molar-refractivity contribution in [2.24, 2.45) is 0 Å². The first kappa shape index (κ1) is 18.9. The van der Waals surface area contributed by atoms with Crippen LogP contribution in [0.2, 0.25) is 0 Å². The van der Waals surface area contributed by atoms with Crippen molar-refractivity contribution in [3.05, 3.63) is 59.9 Å². The molecule has 134 valence electrons. The first-order valence-corrected chi connectivity index (χ1v) is 9.57. The summed E-state index contributed by atoms with van der Waals surface area (Å²) < 4.78 is 39.9. The zero-order chi connectivity index (χ0) is 18.3. The van der Waals surface area contributed by atoms with E-state index < -0.39 is 15.8 Å². The number of rotatable bonds is 8. The van der Waals surface area contributed by atoms with E-state index in [9.17, 15) is 17.6 Å². The third-order valence-electron chi connectivity index (χ3n) is 3.59. The molecule has 0 aromatic heterocycles. The largest absolute Gasteiger partial charge is 0.352 e. The Morgan fingerprint density at radius 2 is 1.64 bits per heavy atom. The molecule has 2 aromatic rings. The Morgan fingerprint density at radius 3 is 2.24 bits per heavy atom. The van der Waals surface area contributed by atoms with Crippen molar-refractivity contribution < 1.29 is 17.6 Å². The van der Waals surface area contributed by atoms with E-state index in [-0.39, 0.29) is 16.5 Å². The number of carbonyl (C=O) groups excluding carboxylic acids is 1. The molecule has 0 unspecified atom stereocenters. The van der Waals surface area contributed by atoms with Crippen LogP contribution in [0, 0.1) is 5.82 Å².